The van der Waals surface area contributed by atoms with Gasteiger partial charge in [0.1, 0.15) is 5.69 Å². The molecule has 1 aromatic rings. The van der Waals surface area contributed by atoms with E-state index in [4.69, 9.17) is 5.73 Å². The van der Waals surface area contributed by atoms with Crippen molar-refractivity contribution in [2.24, 2.45) is 5.73 Å². The molecule has 0 aromatic heterocycles. The van der Waals surface area contributed by atoms with Crippen LogP contribution in [0.15, 0.2) is 18.2 Å². The number of hydrogen-bond acceptors (Lipinski definition) is 5. The summed E-state index contributed by atoms with van der Waals surface area (Å²) in [5.74, 6) is -0.168. The van der Waals surface area contributed by atoms with Crippen LogP contribution in [0.4, 0.5) is 11.4 Å². The summed E-state index contributed by atoms with van der Waals surface area (Å²) in [6.07, 6.45) is 4.94. The third-order valence-electron chi connectivity index (χ3n) is 4.80. The maximum Gasteiger partial charge on any atom is 0.293 e. The highest BCUT2D eigenvalue weighted by molar-refractivity contribution is 5.96. The lowest BCUT2D eigenvalue weighted by molar-refractivity contribution is -0.384. The minimum atomic E-state index is -0.430. The van der Waals surface area contributed by atoms with Crippen LogP contribution in [-0.2, 0) is 0 Å². The van der Waals surface area contributed by atoms with E-state index in [1.807, 2.05) is 6.92 Å². The van der Waals surface area contributed by atoms with Gasteiger partial charge in [-0.2, -0.15) is 0 Å². The number of carbonyl (C=O) groups is 1. The Balaban J connectivity index is 1.85. The number of hydrogen-bond donors (Lipinski definition) is 2. The SMILES string of the molecule is CC(N)C1CCCCN1C(=O)c1ccc(NC2CC2)c([N+](=O)[O-])c1. The number of nitro benzene ring substituents is 1. The van der Waals surface area contributed by atoms with E-state index in [2.05, 4.69) is 5.32 Å². The Hall–Kier alpha value is -2.15. The zero-order chi connectivity index (χ0) is 17.3. The predicted octanol–water partition coefficient (Wildman–Crippen LogP) is 2.51. The van der Waals surface area contributed by atoms with Crippen LogP contribution in [0.25, 0.3) is 0 Å². The molecule has 1 aliphatic carbocycles. The number of amides is 1. The molecule has 0 radical (unpaired) electrons. The number of nitrogens with one attached hydrogen (secondary N) is 1. The number of nitrogens with two attached hydrogens (primary N) is 1. The second-order valence-corrected chi connectivity index (χ2v) is 6.83. The van der Waals surface area contributed by atoms with Crippen LogP contribution in [0.2, 0.25) is 0 Å². The number of anilines is 1. The van der Waals surface area contributed by atoms with Crippen molar-refractivity contribution in [1.29, 1.82) is 0 Å². The molecule has 3 rings (SSSR count). The molecule has 130 valence electrons. The van der Waals surface area contributed by atoms with Crippen LogP contribution in [0.3, 0.4) is 0 Å². The average Bonchev–Trinajstić information content (AvgIpc) is 3.38. The number of benzene rings is 1. The highest BCUT2D eigenvalue weighted by Crippen LogP contribution is 2.32. The van der Waals surface area contributed by atoms with E-state index in [1.54, 1.807) is 17.0 Å². The molecule has 1 aromatic carbocycles. The smallest absolute Gasteiger partial charge is 0.293 e. The molecule has 1 saturated carbocycles. The molecule has 2 atom stereocenters. The monoisotopic (exact) mass is 332 g/mol. The molecule has 24 heavy (non-hydrogen) atoms. The van der Waals surface area contributed by atoms with E-state index in [-0.39, 0.29) is 23.7 Å². The largest absolute Gasteiger partial charge is 0.377 e. The van der Waals surface area contributed by atoms with Gasteiger partial charge in [-0.05, 0) is 51.2 Å². The quantitative estimate of drug-likeness (QED) is 0.637. The number of likely N-dealkylation sites (tertiary alicyclic amines) is 1. The molecule has 1 heterocycles. The second-order valence-electron chi connectivity index (χ2n) is 6.83. The summed E-state index contributed by atoms with van der Waals surface area (Å²) in [4.78, 5) is 25.6. The van der Waals surface area contributed by atoms with Crippen molar-refractivity contribution in [2.75, 3.05) is 11.9 Å². The number of rotatable bonds is 5. The van der Waals surface area contributed by atoms with E-state index in [1.165, 1.54) is 6.07 Å². The van der Waals surface area contributed by atoms with Crippen molar-refractivity contribution in [1.82, 2.24) is 4.90 Å². The molecule has 1 aliphatic heterocycles. The summed E-state index contributed by atoms with van der Waals surface area (Å²) in [7, 11) is 0. The number of carbonyl (C=O) groups excluding carboxylic acids is 1. The van der Waals surface area contributed by atoms with Gasteiger partial charge in [-0.3, -0.25) is 14.9 Å². The minimum Gasteiger partial charge on any atom is -0.377 e. The van der Waals surface area contributed by atoms with Crippen molar-refractivity contribution in [3.63, 3.8) is 0 Å². The van der Waals surface area contributed by atoms with Gasteiger partial charge in [0.25, 0.3) is 11.6 Å². The van der Waals surface area contributed by atoms with Gasteiger partial charge in [-0.25, -0.2) is 0 Å². The molecule has 1 saturated heterocycles. The number of nitrogens with zero attached hydrogens (tertiary/aromatic N) is 2. The molecular weight excluding hydrogens is 308 g/mol. The van der Waals surface area contributed by atoms with Crippen molar-refractivity contribution < 1.29 is 9.72 Å². The van der Waals surface area contributed by atoms with E-state index >= 15 is 0 Å². The van der Waals surface area contributed by atoms with Crippen LogP contribution < -0.4 is 11.1 Å². The van der Waals surface area contributed by atoms with Gasteiger partial charge < -0.3 is 16.0 Å². The maximum absolute atomic E-state index is 12.9. The third kappa shape index (κ3) is 3.51. The van der Waals surface area contributed by atoms with Gasteiger partial charge in [0.05, 0.1) is 4.92 Å². The van der Waals surface area contributed by atoms with E-state index < -0.39 is 4.92 Å². The summed E-state index contributed by atoms with van der Waals surface area (Å²) in [6, 6.07) is 4.91. The zero-order valence-electron chi connectivity index (χ0n) is 13.9. The summed E-state index contributed by atoms with van der Waals surface area (Å²) < 4.78 is 0. The molecular formula is C17H24N4O3. The Kier molecular flexibility index (Phi) is 4.71. The average molecular weight is 332 g/mol. The Morgan fingerprint density at radius 1 is 1.38 bits per heavy atom. The fourth-order valence-electron chi connectivity index (χ4n) is 3.31. The van der Waals surface area contributed by atoms with Crippen LogP contribution in [0, 0.1) is 10.1 Å². The second kappa shape index (κ2) is 6.76. The normalized spacial score (nSPS) is 22.1. The van der Waals surface area contributed by atoms with Gasteiger partial charge >= 0.3 is 0 Å². The highest BCUT2D eigenvalue weighted by Gasteiger charge is 2.31. The van der Waals surface area contributed by atoms with Crippen LogP contribution >= 0.6 is 0 Å². The summed E-state index contributed by atoms with van der Waals surface area (Å²) >= 11 is 0. The molecule has 1 amide bonds. The Bertz CT molecular complexity index is 643. The van der Waals surface area contributed by atoms with Crippen molar-refractivity contribution in [2.45, 2.75) is 57.2 Å². The molecule has 2 aliphatic rings. The standard InChI is InChI=1S/C17H24N4O3/c1-11(18)15-4-2-3-9-20(15)17(22)12-5-8-14(19-13-6-7-13)16(10-12)21(23)24/h5,8,10-11,13,15,19H,2-4,6-7,9,18H2,1H3. The molecule has 3 N–H and O–H groups in total. The van der Waals surface area contributed by atoms with Gasteiger partial charge in [0.15, 0.2) is 0 Å². The van der Waals surface area contributed by atoms with Crippen LogP contribution in [-0.4, -0.2) is 40.4 Å². The molecule has 0 spiro atoms. The highest BCUT2D eigenvalue weighted by atomic mass is 16.6. The van der Waals surface area contributed by atoms with Gasteiger partial charge in [-0.1, -0.05) is 0 Å². The Labute approximate surface area is 141 Å². The van der Waals surface area contributed by atoms with E-state index in [0.29, 0.717) is 23.8 Å². The Morgan fingerprint density at radius 3 is 2.75 bits per heavy atom. The molecule has 2 unspecified atom stereocenters. The van der Waals surface area contributed by atoms with Crippen LogP contribution in [0.5, 0.6) is 0 Å². The zero-order valence-corrected chi connectivity index (χ0v) is 13.9. The van der Waals surface area contributed by atoms with E-state index in [0.717, 1.165) is 32.1 Å². The fourth-order valence-corrected chi connectivity index (χ4v) is 3.31. The number of piperidine rings is 1. The Morgan fingerprint density at radius 2 is 2.12 bits per heavy atom. The first-order valence-electron chi connectivity index (χ1n) is 8.59. The van der Waals surface area contributed by atoms with Gasteiger partial charge in [0.2, 0.25) is 0 Å². The molecule has 7 heteroatoms. The predicted molar refractivity (Wildman–Crippen MR) is 92.1 cm³/mol. The fraction of sp³-hybridized carbons (Fsp3) is 0.588. The molecule has 0 bridgehead atoms. The van der Waals surface area contributed by atoms with Gasteiger partial charge in [-0.15, -0.1) is 0 Å². The van der Waals surface area contributed by atoms with E-state index in [9.17, 15) is 14.9 Å². The maximum atomic E-state index is 12.9. The van der Waals surface area contributed by atoms with Crippen molar-refractivity contribution >= 4 is 17.3 Å². The lowest BCUT2D eigenvalue weighted by atomic mass is 9.96. The summed E-state index contributed by atoms with van der Waals surface area (Å²) in [5.41, 5.74) is 6.83. The first-order chi connectivity index (χ1) is 11.5. The lowest BCUT2D eigenvalue weighted by Gasteiger charge is -2.38. The summed E-state index contributed by atoms with van der Waals surface area (Å²) in [5, 5.41) is 14.5. The number of nitro groups is 1. The van der Waals surface area contributed by atoms with Crippen LogP contribution in [0.1, 0.15) is 49.4 Å². The summed E-state index contributed by atoms with van der Waals surface area (Å²) in [6.45, 7) is 2.56. The van der Waals surface area contributed by atoms with Gasteiger partial charge in [0, 0.05) is 36.3 Å². The third-order valence-corrected chi connectivity index (χ3v) is 4.80. The first-order valence-corrected chi connectivity index (χ1v) is 8.59. The molecule has 2 fully saturated rings. The minimum absolute atomic E-state index is 0.00503. The first kappa shape index (κ1) is 16.7. The molecule has 7 nitrogen and oxygen atoms in total. The van der Waals surface area contributed by atoms with Crippen molar-refractivity contribution in [3.05, 3.63) is 33.9 Å². The topological polar surface area (TPSA) is 102 Å². The lowest BCUT2D eigenvalue weighted by Crippen LogP contribution is -2.51. The van der Waals surface area contributed by atoms with Crippen molar-refractivity contribution in [3.8, 4) is 0 Å².